The lowest BCUT2D eigenvalue weighted by Crippen LogP contribution is -2.46. The monoisotopic (exact) mass is 310 g/mol. The van der Waals surface area contributed by atoms with E-state index in [0.717, 1.165) is 0 Å². The van der Waals surface area contributed by atoms with Crippen molar-refractivity contribution in [1.82, 2.24) is 4.90 Å². The van der Waals surface area contributed by atoms with Crippen LogP contribution in [0.4, 0.5) is 13.2 Å². The molecule has 0 aromatic heterocycles. The van der Waals surface area contributed by atoms with Crippen molar-refractivity contribution in [3.63, 3.8) is 0 Å². The Labute approximate surface area is 123 Å². The molecule has 0 spiro atoms. The van der Waals surface area contributed by atoms with E-state index in [2.05, 4.69) is 0 Å². The zero-order valence-electron chi connectivity index (χ0n) is 12.5. The van der Waals surface area contributed by atoms with Crippen molar-refractivity contribution < 1.29 is 22.7 Å². The van der Waals surface area contributed by atoms with Crippen molar-refractivity contribution >= 4 is 5.91 Å². The van der Waals surface area contributed by atoms with Crippen LogP contribution in [0.3, 0.4) is 0 Å². The SMILES string of the molecule is COCCN(CCCN)C(=O)C1CCCCC1C(F)(F)F. The molecule has 0 saturated heterocycles. The van der Waals surface area contributed by atoms with Crippen LogP contribution in [0.25, 0.3) is 0 Å². The first-order chi connectivity index (χ1) is 9.91. The van der Waals surface area contributed by atoms with Crippen LogP contribution in [0, 0.1) is 11.8 Å². The molecule has 7 heteroatoms. The molecular formula is C14H25F3N2O2. The van der Waals surface area contributed by atoms with E-state index < -0.39 is 23.9 Å². The van der Waals surface area contributed by atoms with Gasteiger partial charge in [0.1, 0.15) is 0 Å². The number of halogens is 3. The Morgan fingerprint density at radius 1 is 1.29 bits per heavy atom. The molecule has 0 aromatic rings. The Balaban J connectivity index is 2.77. The van der Waals surface area contributed by atoms with Crippen molar-refractivity contribution in [2.45, 2.75) is 38.3 Å². The van der Waals surface area contributed by atoms with Gasteiger partial charge >= 0.3 is 6.18 Å². The molecule has 1 saturated carbocycles. The predicted molar refractivity (Wildman–Crippen MR) is 73.6 cm³/mol. The minimum atomic E-state index is -4.30. The highest BCUT2D eigenvalue weighted by molar-refractivity contribution is 5.79. The minimum Gasteiger partial charge on any atom is -0.383 e. The maximum atomic E-state index is 13.1. The Kier molecular flexibility index (Phi) is 7.45. The van der Waals surface area contributed by atoms with Crippen LogP contribution in [0.1, 0.15) is 32.1 Å². The molecule has 2 N–H and O–H groups in total. The van der Waals surface area contributed by atoms with Crippen molar-refractivity contribution in [2.24, 2.45) is 17.6 Å². The summed E-state index contributed by atoms with van der Waals surface area (Å²) in [6, 6.07) is 0. The van der Waals surface area contributed by atoms with Crippen LogP contribution in [-0.2, 0) is 9.53 Å². The van der Waals surface area contributed by atoms with E-state index in [-0.39, 0.29) is 6.42 Å². The summed E-state index contributed by atoms with van der Waals surface area (Å²) < 4.78 is 44.2. The standard InChI is InChI=1S/C14H25F3N2O2/c1-21-10-9-19(8-4-7-18)13(20)11-5-2-3-6-12(11)14(15,16)17/h11-12H,2-10,18H2,1H3. The van der Waals surface area contributed by atoms with Crippen molar-refractivity contribution in [1.29, 1.82) is 0 Å². The maximum absolute atomic E-state index is 13.1. The summed E-state index contributed by atoms with van der Waals surface area (Å²) in [4.78, 5) is 14.0. The highest BCUT2D eigenvalue weighted by Gasteiger charge is 2.48. The van der Waals surface area contributed by atoms with E-state index in [9.17, 15) is 18.0 Å². The third kappa shape index (κ3) is 5.47. The zero-order valence-corrected chi connectivity index (χ0v) is 12.5. The first-order valence-corrected chi connectivity index (χ1v) is 7.46. The van der Waals surface area contributed by atoms with E-state index in [4.69, 9.17) is 10.5 Å². The summed E-state index contributed by atoms with van der Waals surface area (Å²) in [5.74, 6) is -2.86. The second-order valence-corrected chi connectivity index (χ2v) is 5.50. The van der Waals surface area contributed by atoms with Crippen molar-refractivity contribution in [2.75, 3.05) is 33.4 Å². The molecule has 1 fully saturated rings. The van der Waals surface area contributed by atoms with Gasteiger partial charge in [-0.2, -0.15) is 13.2 Å². The fraction of sp³-hybridized carbons (Fsp3) is 0.929. The average Bonchev–Trinajstić information content (AvgIpc) is 2.46. The first kappa shape index (κ1) is 18.2. The number of alkyl halides is 3. The summed E-state index contributed by atoms with van der Waals surface area (Å²) in [6.07, 6.45) is -2.14. The number of nitrogens with two attached hydrogens (primary N) is 1. The number of carbonyl (C=O) groups is 1. The highest BCUT2D eigenvalue weighted by atomic mass is 19.4. The zero-order chi connectivity index (χ0) is 15.9. The summed E-state index contributed by atoms with van der Waals surface area (Å²) in [7, 11) is 1.50. The number of carbonyl (C=O) groups excluding carboxylic acids is 1. The topological polar surface area (TPSA) is 55.6 Å². The van der Waals surface area contributed by atoms with Crippen LogP contribution in [-0.4, -0.2) is 50.3 Å². The van der Waals surface area contributed by atoms with Gasteiger partial charge in [0.15, 0.2) is 0 Å². The molecule has 1 rings (SSSR count). The van der Waals surface area contributed by atoms with Gasteiger partial charge in [-0.3, -0.25) is 4.79 Å². The lowest BCUT2D eigenvalue weighted by Gasteiger charge is -2.35. The fourth-order valence-electron chi connectivity index (χ4n) is 2.87. The van der Waals surface area contributed by atoms with Gasteiger partial charge in [-0.1, -0.05) is 12.8 Å². The van der Waals surface area contributed by atoms with E-state index in [0.29, 0.717) is 51.9 Å². The summed E-state index contributed by atoms with van der Waals surface area (Å²) in [6.45, 7) is 1.43. The van der Waals surface area contributed by atoms with Crippen LogP contribution >= 0.6 is 0 Å². The number of hydrogen-bond donors (Lipinski definition) is 1. The van der Waals surface area contributed by atoms with Crippen LogP contribution in [0.2, 0.25) is 0 Å². The number of hydrogen-bond acceptors (Lipinski definition) is 3. The van der Waals surface area contributed by atoms with Gasteiger partial charge < -0.3 is 15.4 Å². The van der Waals surface area contributed by atoms with Crippen LogP contribution in [0.5, 0.6) is 0 Å². The van der Waals surface area contributed by atoms with E-state index in [1.54, 1.807) is 0 Å². The van der Waals surface area contributed by atoms with Crippen LogP contribution < -0.4 is 5.73 Å². The molecule has 0 heterocycles. The van der Waals surface area contributed by atoms with Gasteiger partial charge in [-0.15, -0.1) is 0 Å². The third-order valence-electron chi connectivity index (χ3n) is 4.01. The summed E-state index contributed by atoms with van der Waals surface area (Å²) in [5.41, 5.74) is 5.43. The molecule has 1 aliphatic carbocycles. The second-order valence-electron chi connectivity index (χ2n) is 5.50. The number of rotatable bonds is 7. The summed E-state index contributed by atoms with van der Waals surface area (Å²) in [5, 5.41) is 0. The minimum absolute atomic E-state index is 0.0505. The lowest BCUT2D eigenvalue weighted by atomic mass is 9.78. The molecule has 0 aliphatic heterocycles. The molecule has 2 unspecified atom stereocenters. The van der Waals surface area contributed by atoms with Gasteiger partial charge in [0, 0.05) is 26.1 Å². The summed E-state index contributed by atoms with van der Waals surface area (Å²) >= 11 is 0. The van der Waals surface area contributed by atoms with E-state index >= 15 is 0 Å². The molecular weight excluding hydrogens is 285 g/mol. The number of amides is 1. The highest BCUT2D eigenvalue weighted by Crippen LogP contribution is 2.42. The molecule has 21 heavy (non-hydrogen) atoms. The van der Waals surface area contributed by atoms with Crippen molar-refractivity contribution in [3.05, 3.63) is 0 Å². The van der Waals surface area contributed by atoms with Gasteiger partial charge in [0.2, 0.25) is 5.91 Å². The van der Waals surface area contributed by atoms with Gasteiger partial charge in [-0.25, -0.2) is 0 Å². The number of ether oxygens (including phenoxy) is 1. The van der Waals surface area contributed by atoms with Gasteiger partial charge in [0.25, 0.3) is 0 Å². The molecule has 4 nitrogen and oxygen atoms in total. The Bertz CT molecular complexity index is 316. The van der Waals surface area contributed by atoms with Crippen molar-refractivity contribution in [3.8, 4) is 0 Å². The molecule has 2 atom stereocenters. The predicted octanol–water partition coefficient (Wildman–Crippen LogP) is 2.18. The average molecular weight is 310 g/mol. The smallest absolute Gasteiger partial charge is 0.383 e. The van der Waals surface area contributed by atoms with Gasteiger partial charge in [0.05, 0.1) is 12.5 Å². The number of methoxy groups -OCH3 is 1. The Morgan fingerprint density at radius 3 is 2.52 bits per heavy atom. The fourth-order valence-corrected chi connectivity index (χ4v) is 2.87. The number of nitrogens with zero attached hydrogens (tertiary/aromatic N) is 1. The molecule has 1 aliphatic rings. The van der Waals surface area contributed by atoms with Gasteiger partial charge in [-0.05, 0) is 25.8 Å². The molecule has 0 radical (unpaired) electrons. The third-order valence-corrected chi connectivity index (χ3v) is 4.01. The maximum Gasteiger partial charge on any atom is 0.392 e. The molecule has 1 amide bonds. The Hall–Kier alpha value is -0.820. The first-order valence-electron chi connectivity index (χ1n) is 7.46. The largest absolute Gasteiger partial charge is 0.392 e. The molecule has 124 valence electrons. The Morgan fingerprint density at radius 2 is 1.95 bits per heavy atom. The van der Waals surface area contributed by atoms with Crippen LogP contribution in [0.15, 0.2) is 0 Å². The van der Waals surface area contributed by atoms with E-state index in [1.165, 1.54) is 12.0 Å². The molecule has 0 aromatic carbocycles. The molecule has 0 bridgehead atoms. The second kappa shape index (κ2) is 8.58. The quantitative estimate of drug-likeness (QED) is 0.784. The van der Waals surface area contributed by atoms with E-state index in [1.807, 2.05) is 0 Å². The lowest BCUT2D eigenvalue weighted by molar-refractivity contribution is -0.201. The normalized spacial score (nSPS) is 23.1.